The van der Waals surface area contributed by atoms with Crippen LogP contribution in [-0.4, -0.2) is 0 Å². The Labute approximate surface area is 236 Å². The second-order valence-corrected chi connectivity index (χ2v) is 9.93. The minimum atomic E-state index is -0.956. The van der Waals surface area contributed by atoms with Gasteiger partial charge in [0.05, 0.1) is 20.6 Å². The fraction of sp³-hybridized carbons (Fsp3) is 0. The number of halogens is 8. The van der Waals surface area contributed by atoms with E-state index in [2.05, 4.69) is 0 Å². The van der Waals surface area contributed by atoms with E-state index in [4.69, 9.17) is 46.4 Å². The minimum Gasteiger partial charge on any atom is -0.206 e. The van der Waals surface area contributed by atoms with E-state index in [1.807, 2.05) is 0 Å². The molecular formula is C30H14Cl4F4. The summed E-state index contributed by atoms with van der Waals surface area (Å²) >= 11 is 26.1. The highest BCUT2D eigenvalue weighted by molar-refractivity contribution is 6.40. The Balaban J connectivity index is 2.11. The van der Waals surface area contributed by atoms with Crippen molar-refractivity contribution in [1.29, 1.82) is 0 Å². The lowest BCUT2D eigenvalue weighted by Crippen LogP contribution is -2.03. The maximum atomic E-state index is 16.3. The van der Waals surface area contributed by atoms with Gasteiger partial charge in [0, 0.05) is 38.4 Å². The first kappa shape index (κ1) is 26.6. The first-order valence-corrected chi connectivity index (χ1v) is 12.7. The molecule has 5 aromatic carbocycles. The molecule has 0 nitrogen and oxygen atoms in total. The van der Waals surface area contributed by atoms with E-state index in [9.17, 15) is 0 Å². The smallest absolute Gasteiger partial charge is 0.133 e. The minimum absolute atomic E-state index is 0.0407. The SMILES string of the molecule is Fc1cccc(F)c1-c1cc(F)c(-c2c(Cl)cccc2Cl)c(-c2c(F)cccc2Cl)c1-c1ccccc1Cl. The van der Waals surface area contributed by atoms with Crippen LogP contribution >= 0.6 is 46.4 Å². The predicted molar refractivity (Wildman–Crippen MR) is 148 cm³/mol. The molecule has 0 heterocycles. The molecule has 8 heteroatoms. The van der Waals surface area contributed by atoms with Gasteiger partial charge in [-0.2, -0.15) is 0 Å². The summed E-state index contributed by atoms with van der Waals surface area (Å²) in [6.45, 7) is 0. The van der Waals surface area contributed by atoms with E-state index in [1.165, 1.54) is 30.3 Å². The maximum absolute atomic E-state index is 16.3. The summed E-state index contributed by atoms with van der Waals surface area (Å²) in [7, 11) is 0. The molecule has 0 amide bonds. The van der Waals surface area contributed by atoms with E-state index in [0.717, 1.165) is 24.3 Å². The molecule has 0 aromatic heterocycles. The molecule has 0 spiro atoms. The van der Waals surface area contributed by atoms with E-state index in [-0.39, 0.29) is 59.0 Å². The Bertz CT molecular complexity index is 1660. The van der Waals surface area contributed by atoms with Crippen molar-refractivity contribution in [3.8, 4) is 44.5 Å². The van der Waals surface area contributed by atoms with Gasteiger partial charge in [0.25, 0.3) is 0 Å². The lowest BCUT2D eigenvalue weighted by Gasteiger charge is -2.24. The molecule has 0 saturated heterocycles. The zero-order valence-corrected chi connectivity index (χ0v) is 22.1. The molecule has 0 N–H and O–H groups in total. The first-order chi connectivity index (χ1) is 18.2. The lowest BCUT2D eigenvalue weighted by molar-refractivity contribution is 0.589. The molecule has 0 saturated carbocycles. The van der Waals surface area contributed by atoms with Crippen molar-refractivity contribution in [1.82, 2.24) is 0 Å². The highest BCUT2D eigenvalue weighted by atomic mass is 35.5. The molecule has 0 unspecified atom stereocenters. The Morgan fingerprint density at radius 3 is 1.39 bits per heavy atom. The van der Waals surface area contributed by atoms with Crippen LogP contribution in [0.3, 0.4) is 0 Å². The van der Waals surface area contributed by atoms with Gasteiger partial charge in [-0.25, -0.2) is 17.6 Å². The maximum Gasteiger partial charge on any atom is 0.133 e. The number of hydrogen-bond donors (Lipinski definition) is 0. The monoisotopic (exact) mass is 590 g/mol. The van der Waals surface area contributed by atoms with Crippen molar-refractivity contribution < 1.29 is 17.6 Å². The molecule has 5 rings (SSSR count). The molecular weight excluding hydrogens is 578 g/mol. The Morgan fingerprint density at radius 2 is 0.816 bits per heavy atom. The second kappa shape index (κ2) is 10.6. The zero-order valence-electron chi connectivity index (χ0n) is 19.1. The van der Waals surface area contributed by atoms with Gasteiger partial charge in [-0.3, -0.25) is 0 Å². The summed E-state index contributed by atoms with van der Waals surface area (Å²) in [5, 5.41) is 0.232. The van der Waals surface area contributed by atoms with Gasteiger partial charge in [-0.15, -0.1) is 0 Å². The van der Waals surface area contributed by atoms with Gasteiger partial charge in [0.2, 0.25) is 0 Å². The van der Waals surface area contributed by atoms with Crippen LogP contribution in [0.25, 0.3) is 44.5 Å². The standard InChI is InChI=1S/C30H14Cl4F4/c31-17-7-2-1-6-15(17)25-16(26-21(35)12-5-13-22(26)36)14-24(38)29(27-18(32)8-3-9-19(27)33)30(25)28-20(34)10-4-11-23(28)37/h1-14H. The van der Waals surface area contributed by atoms with Gasteiger partial charge < -0.3 is 0 Å². The van der Waals surface area contributed by atoms with Crippen LogP contribution in [0.5, 0.6) is 0 Å². The molecule has 0 aliphatic rings. The number of benzene rings is 5. The average molecular weight is 592 g/mol. The fourth-order valence-corrected chi connectivity index (χ4v) is 5.59. The second-order valence-electron chi connectivity index (χ2n) is 8.30. The molecule has 5 aromatic rings. The third-order valence-corrected chi connectivity index (χ3v) is 7.35. The van der Waals surface area contributed by atoms with E-state index >= 15 is 17.6 Å². The normalized spacial score (nSPS) is 11.2. The molecule has 190 valence electrons. The first-order valence-electron chi connectivity index (χ1n) is 11.1. The Kier molecular flexibility index (Phi) is 7.43. The van der Waals surface area contributed by atoms with Crippen LogP contribution in [-0.2, 0) is 0 Å². The summed E-state index contributed by atoms with van der Waals surface area (Å²) < 4.78 is 62.2. The van der Waals surface area contributed by atoms with Gasteiger partial charge in [0.15, 0.2) is 0 Å². The van der Waals surface area contributed by atoms with Gasteiger partial charge in [-0.1, -0.05) is 82.8 Å². The van der Waals surface area contributed by atoms with Crippen LogP contribution in [0.4, 0.5) is 17.6 Å². The van der Waals surface area contributed by atoms with Gasteiger partial charge in [0.1, 0.15) is 23.3 Å². The fourth-order valence-electron chi connectivity index (χ4n) is 4.51. The van der Waals surface area contributed by atoms with Crippen molar-refractivity contribution in [2.24, 2.45) is 0 Å². The van der Waals surface area contributed by atoms with Crippen molar-refractivity contribution in [2.75, 3.05) is 0 Å². The summed E-state index contributed by atoms with van der Waals surface area (Å²) in [6.07, 6.45) is 0. The third kappa shape index (κ3) is 4.56. The van der Waals surface area contributed by atoms with Crippen molar-refractivity contribution >= 4 is 46.4 Å². The summed E-state index contributed by atoms with van der Waals surface area (Å²) in [6, 6.07) is 19.2. The van der Waals surface area contributed by atoms with E-state index in [1.54, 1.807) is 30.3 Å². The Morgan fingerprint density at radius 1 is 0.342 bits per heavy atom. The summed E-state index contributed by atoms with van der Waals surface area (Å²) in [5.41, 5.74) is -0.912. The molecule has 0 fully saturated rings. The molecule has 0 aliphatic heterocycles. The van der Waals surface area contributed by atoms with Crippen molar-refractivity contribution in [2.45, 2.75) is 0 Å². The predicted octanol–water partition coefficient (Wildman–Crippen LogP) is 11.5. The topological polar surface area (TPSA) is 0 Å². The van der Waals surface area contributed by atoms with E-state index < -0.39 is 28.8 Å². The highest BCUT2D eigenvalue weighted by Gasteiger charge is 2.30. The van der Waals surface area contributed by atoms with Crippen LogP contribution in [0.2, 0.25) is 20.1 Å². The van der Waals surface area contributed by atoms with E-state index in [0.29, 0.717) is 0 Å². The van der Waals surface area contributed by atoms with Crippen molar-refractivity contribution in [3.05, 3.63) is 128 Å². The van der Waals surface area contributed by atoms with Crippen molar-refractivity contribution in [3.63, 3.8) is 0 Å². The average Bonchev–Trinajstić information content (AvgIpc) is 2.86. The third-order valence-electron chi connectivity index (χ3n) is 6.08. The largest absolute Gasteiger partial charge is 0.206 e. The van der Waals surface area contributed by atoms with Crippen LogP contribution < -0.4 is 0 Å². The van der Waals surface area contributed by atoms with Crippen LogP contribution in [0, 0.1) is 23.3 Å². The molecule has 0 bridgehead atoms. The lowest BCUT2D eigenvalue weighted by atomic mass is 9.82. The number of hydrogen-bond acceptors (Lipinski definition) is 0. The van der Waals surface area contributed by atoms with Crippen LogP contribution in [0.1, 0.15) is 0 Å². The molecule has 38 heavy (non-hydrogen) atoms. The molecule has 0 atom stereocenters. The highest BCUT2D eigenvalue weighted by Crippen LogP contribution is 2.53. The summed E-state index contributed by atoms with van der Waals surface area (Å²) in [4.78, 5) is 0. The van der Waals surface area contributed by atoms with Gasteiger partial charge in [-0.05, 0) is 54.1 Å². The quantitative estimate of drug-likeness (QED) is 0.182. The summed E-state index contributed by atoms with van der Waals surface area (Å²) in [5.74, 6) is -3.66. The molecule has 0 aliphatic carbocycles. The Hall–Kier alpha value is -3.02. The van der Waals surface area contributed by atoms with Crippen LogP contribution in [0.15, 0.2) is 84.9 Å². The van der Waals surface area contributed by atoms with Gasteiger partial charge >= 0.3 is 0 Å². The molecule has 0 radical (unpaired) electrons. The number of rotatable bonds is 4. The zero-order chi connectivity index (χ0) is 27.1.